The molecule has 2 heterocycles. The van der Waals surface area contributed by atoms with Gasteiger partial charge in [-0.05, 0) is 29.8 Å². The van der Waals surface area contributed by atoms with Gasteiger partial charge in [-0.15, -0.1) is 0 Å². The fraction of sp³-hybridized carbons (Fsp3) is 0.273. The maximum absolute atomic E-state index is 12.3. The van der Waals surface area contributed by atoms with Crippen molar-refractivity contribution in [1.82, 2.24) is 14.9 Å². The number of aromatic nitrogens is 2. The second-order valence-electron chi connectivity index (χ2n) is 4.03. The maximum atomic E-state index is 12.3. The monoisotopic (exact) mass is 313 g/mol. The van der Waals surface area contributed by atoms with Crippen molar-refractivity contribution in [3.8, 4) is 0 Å². The molecule has 0 atom stereocenters. The van der Waals surface area contributed by atoms with E-state index in [-0.39, 0.29) is 16.9 Å². The lowest BCUT2D eigenvalue weighted by molar-refractivity contribution is 0.335. The Balaban J connectivity index is 2.32. The van der Waals surface area contributed by atoms with E-state index in [2.05, 4.69) is 26.2 Å². The first-order valence-electron chi connectivity index (χ1n) is 5.25. The van der Waals surface area contributed by atoms with E-state index >= 15 is 0 Å². The summed E-state index contributed by atoms with van der Waals surface area (Å²) in [4.78, 5) is 16.6. The van der Waals surface area contributed by atoms with Crippen molar-refractivity contribution in [3.05, 3.63) is 38.3 Å². The van der Waals surface area contributed by atoms with E-state index in [0.717, 1.165) is 17.6 Å². The molecule has 0 bridgehead atoms. The zero-order valence-electron chi connectivity index (χ0n) is 8.78. The minimum atomic E-state index is -0.0761. The van der Waals surface area contributed by atoms with Crippen molar-refractivity contribution < 1.29 is 0 Å². The zero-order valence-corrected chi connectivity index (χ0v) is 11.1. The molecule has 0 radical (unpaired) electrons. The quantitative estimate of drug-likeness (QED) is 0.819. The molecule has 88 valence electrons. The molecule has 1 aromatic carbocycles. The molecule has 0 unspecified atom stereocenters. The van der Waals surface area contributed by atoms with Crippen LogP contribution in [0.15, 0.2) is 27.5 Å². The van der Waals surface area contributed by atoms with Gasteiger partial charge in [-0.25, -0.2) is 4.98 Å². The first kappa shape index (κ1) is 11.2. The summed E-state index contributed by atoms with van der Waals surface area (Å²) in [7, 11) is 0. The molecule has 0 saturated carbocycles. The van der Waals surface area contributed by atoms with Crippen LogP contribution in [-0.2, 0) is 0 Å². The SMILES string of the molecule is O=c1c2cc(Br)ccc2nc(Cl)n1C1CNC1. The number of nitrogens with zero attached hydrogens (tertiary/aromatic N) is 2. The molecule has 0 amide bonds. The summed E-state index contributed by atoms with van der Waals surface area (Å²) in [6.07, 6.45) is 0. The summed E-state index contributed by atoms with van der Waals surface area (Å²) in [5, 5.41) is 3.97. The topological polar surface area (TPSA) is 46.9 Å². The lowest BCUT2D eigenvalue weighted by Gasteiger charge is -2.29. The van der Waals surface area contributed by atoms with Gasteiger partial charge in [-0.1, -0.05) is 15.9 Å². The number of halogens is 2. The van der Waals surface area contributed by atoms with Crippen LogP contribution in [0.5, 0.6) is 0 Å². The van der Waals surface area contributed by atoms with Gasteiger partial charge in [0.25, 0.3) is 5.56 Å². The Morgan fingerprint density at radius 2 is 2.24 bits per heavy atom. The second kappa shape index (κ2) is 4.08. The van der Waals surface area contributed by atoms with Crippen molar-refractivity contribution >= 4 is 38.4 Å². The third kappa shape index (κ3) is 1.78. The van der Waals surface area contributed by atoms with Gasteiger partial charge in [0, 0.05) is 17.6 Å². The molecule has 1 fully saturated rings. The Labute approximate surface area is 111 Å². The predicted octanol–water partition coefficient (Wildman–Crippen LogP) is 1.96. The summed E-state index contributed by atoms with van der Waals surface area (Å²) in [5.41, 5.74) is 0.555. The van der Waals surface area contributed by atoms with E-state index in [0.29, 0.717) is 10.9 Å². The highest BCUT2D eigenvalue weighted by Crippen LogP contribution is 2.20. The molecule has 0 spiro atoms. The molecule has 17 heavy (non-hydrogen) atoms. The molecular weight excluding hydrogens is 305 g/mol. The minimum absolute atomic E-state index is 0.0761. The van der Waals surface area contributed by atoms with Gasteiger partial charge >= 0.3 is 0 Å². The first-order chi connectivity index (χ1) is 8.16. The molecule has 3 rings (SSSR count). The summed E-state index contributed by atoms with van der Waals surface area (Å²) in [5.74, 6) is 0. The Bertz CT molecular complexity index is 651. The Morgan fingerprint density at radius 1 is 1.47 bits per heavy atom. The van der Waals surface area contributed by atoms with Crippen LogP contribution >= 0.6 is 27.5 Å². The molecule has 2 aromatic rings. The van der Waals surface area contributed by atoms with Crippen molar-refractivity contribution in [1.29, 1.82) is 0 Å². The van der Waals surface area contributed by atoms with Crippen molar-refractivity contribution in [2.75, 3.05) is 13.1 Å². The predicted molar refractivity (Wildman–Crippen MR) is 70.6 cm³/mol. The Morgan fingerprint density at radius 3 is 2.88 bits per heavy atom. The number of fused-ring (bicyclic) bond motifs is 1. The third-order valence-electron chi connectivity index (χ3n) is 2.94. The van der Waals surface area contributed by atoms with E-state index in [1.165, 1.54) is 0 Å². The van der Waals surface area contributed by atoms with Crippen LogP contribution in [0.25, 0.3) is 10.9 Å². The number of benzene rings is 1. The highest BCUT2D eigenvalue weighted by atomic mass is 79.9. The molecule has 0 aliphatic carbocycles. The van der Waals surface area contributed by atoms with E-state index in [1.807, 2.05) is 6.07 Å². The number of hydrogen-bond acceptors (Lipinski definition) is 3. The Kier molecular flexibility index (Phi) is 2.69. The van der Waals surface area contributed by atoms with Gasteiger partial charge in [0.05, 0.1) is 16.9 Å². The van der Waals surface area contributed by atoms with Gasteiger partial charge in [-0.3, -0.25) is 9.36 Å². The van der Waals surface area contributed by atoms with E-state index in [4.69, 9.17) is 11.6 Å². The van der Waals surface area contributed by atoms with Gasteiger partial charge in [0.1, 0.15) is 0 Å². The molecule has 6 heteroatoms. The number of nitrogens with one attached hydrogen (secondary N) is 1. The first-order valence-corrected chi connectivity index (χ1v) is 6.42. The van der Waals surface area contributed by atoms with Crippen LogP contribution in [-0.4, -0.2) is 22.6 Å². The largest absolute Gasteiger partial charge is 0.313 e. The molecule has 1 aliphatic heterocycles. The molecule has 1 N–H and O–H groups in total. The average Bonchev–Trinajstić information content (AvgIpc) is 2.23. The van der Waals surface area contributed by atoms with Gasteiger partial charge in [0.15, 0.2) is 0 Å². The minimum Gasteiger partial charge on any atom is -0.313 e. The van der Waals surface area contributed by atoms with Gasteiger partial charge in [-0.2, -0.15) is 0 Å². The van der Waals surface area contributed by atoms with Gasteiger partial charge < -0.3 is 5.32 Å². The smallest absolute Gasteiger partial charge is 0.262 e. The zero-order chi connectivity index (χ0) is 12.0. The van der Waals surface area contributed by atoms with Crippen molar-refractivity contribution in [2.24, 2.45) is 0 Å². The summed E-state index contributed by atoms with van der Waals surface area (Å²) in [6, 6.07) is 5.53. The van der Waals surface area contributed by atoms with E-state index in [9.17, 15) is 4.79 Å². The summed E-state index contributed by atoms with van der Waals surface area (Å²) >= 11 is 9.42. The van der Waals surface area contributed by atoms with E-state index < -0.39 is 0 Å². The fourth-order valence-corrected chi connectivity index (χ4v) is 2.58. The van der Waals surface area contributed by atoms with E-state index in [1.54, 1.807) is 16.7 Å². The molecule has 1 saturated heterocycles. The van der Waals surface area contributed by atoms with Crippen LogP contribution in [0.1, 0.15) is 6.04 Å². The Hall–Kier alpha value is -0.910. The van der Waals surface area contributed by atoms with Crippen LogP contribution < -0.4 is 10.9 Å². The molecule has 1 aliphatic rings. The van der Waals surface area contributed by atoms with Crippen LogP contribution in [0.3, 0.4) is 0 Å². The summed E-state index contributed by atoms with van der Waals surface area (Å²) < 4.78 is 2.43. The number of hydrogen-bond donors (Lipinski definition) is 1. The highest BCUT2D eigenvalue weighted by molar-refractivity contribution is 9.10. The molecule has 4 nitrogen and oxygen atoms in total. The van der Waals surface area contributed by atoms with Crippen LogP contribution in [0, 0.1) is 0 Å². The number of rotatable bonds is 1. The lowest BCUT2D eigenvalue weighted by atomic mass is 10.1. The van der Waals surface area contributed by atoms with Crippen LogP contribution in [0.2, 0.25) is 5.28 Å². The normalized spacial score (nSPS) is 16.1. The van der Waals surface area contributed by atoms with Crippen molar-refractivity contribution in [2.45, 2.75) is 6.04 Å². The molecule has 1 aromatic heterocycles. The average molecular weight is 315 g/mol. The standard InChI is InChI=1S/C11H9BrClN3O/c12-6-1-2-9-8(3-6)10(17)16(11(13)15-9)7-4-14-5-7/h1-3,7,14H,4-5H2. The molecular formula is C11H9BrClN3O. The fourth-order valence-electron chi connectivity index (χ4n) is 1.92. The van der Waals surface area contributed by atoms with Crippen molar-refractivity contribution in [3.63, 3.8) is 0 Å². The summed E-state index contributed by atoms with van der Waals surface area (Å²) in [6.45, 7) is 1.53. The van der Waals surface area contributed by atoms with Crippen LogP contribution in [0.4, 0.5) is 0 Å². The second-order valence-corrected chi connectivity index (χ2v) is 5.28. The lowest BCUT2D eigenvalue weighted by Crippen LogP contribution is -2.47. The van der Waals surface area contributed by atoms with Gasteiger partial charge in [0.2, 0.25) is 5.28 Å². The highest BCUT2D eigenvalue weighted by Gasteiger charge is 2.23. The maximum Gasteiger partial charge on any atom is 0.262 e. The third-order valence-corrected chi connectivity index (χ3v) is 3.70.